The van der Waals surface area contributed by atoms with Crippen LogP contribution in [0.25, 0.3) is 0 Å². The SMILES string of the molecule is CCC(CC)N(CCO)Cc1c(C)cccc1C. The van der Waals surface area contributed by atoms with Gasteiger partial charge < -0.3 is 5.11 Å². The van der Waals surface area contributed by atoms with Crippen molar-refractivity contribution in [2.45, 2.75) is 53.1 Å². The molecule has 0 aliphatic heterocycles. The van der Waals surface area contributed by atoms with Crippen LogP contribution < -0.4 is 0 Å². The third-order valence-electron chi connectivity index (χ3n) is 3.85. The number of benzene rings is 1. The van der Waals surface area contributed by atoms with E-state index in [9.17, 15) is 5.11 Å². The number of aliphatic hydroxyl groups is 1. The van der Waals surface area contributed by atoms with Crippen LogP contribution in [0.15, 0.2) is 18.2 Å². The highest BCUT2D eigenvalue weighted by atomic mass is 16.3. The maximum atomic E-state index is 9.25. The van der Waals surface area contributed by atoms with E-state index in [1.165, 1.54) is 16.7 Å². The predicted molar refractivity (Wildman–Crippen MR) is 77.8 cm³/mol. The monoisotopic (exact) mass is 249 g/mol. The molecule has 0 fully saturated rings. The van der Waals surface area contributed by atoms with Crippen LogP contribution in [0.2, 0.25) is 0 Å². The van der Waals surface area contributed by atoms with Gasteiger partial charge in [-0.1, -0.05) is 32.0 Å². The Labute approximate surface area is 112 Å². The molecule has 0 saturated carbocycles. The fourth-order valence-corrected chi connectivity index (χ4v) is 2.63. The summed E-state index contributed by atoms with van der Waals surface area (Å²) in [6.07, 6.45) is 2.28. The number of aliphatic hydroxyl groups excluding tert-OH is 1. The maximum absolute atomic E-state index is 9.25. The highest BCUT2D eigenvalue weighted by Gasteiger charge is 2.16. The first-order chi connectivity index (χ1) is 8.63. The Balaban J connectivity index is 2.89. The average Bonchev–Trinajstić information content (AvgIpc) is 2.35. The normalized spacial score (nSPS) is 11.5. The van der Waals surface area contributed by atoms with Crippen LogP contribution in [0.1, 0.15) is 43.4 Å². The van der Waals surface area contributed by atoms with Crippen molar-refractivity contribution in [2.24, 2.45) is 0 Å². The molecule has 1 aromatic rings. The Morgan fingerprint density at radius 2 is 1.67 bits per heavy atom. The Hall–Kier alpha value is -0.860. The second-order valence-electron chi connectivity index (χ2n) is 5.03. The van der Waals surface area contributed by atoms with E-state index in [0.29, 0.717) is 6.04 Å². The smallest absolute Gasteiger partial charge is 0.0558 e. The van der Waals surface area contributed by atoms with E-state index < -0.39 is 0 Å². The topological polar surface area (TPSA) is 23.5 Å². The second-order valence-corrected chi connectivity index (χ2v) is 5.03. The molecule has 0 aliphatic rings. The number of hydrogen-bond acceptors (Lipinski definition) is 2. The summed E-state index contributed by atoms with van der Waals surface area (Å²) in [5.74, 6) is 0. The molecule has 0 atom stereocenters. The van der Waals surface area contributed by atoms with E-state index in [1.807, 2.05) is 0 Å². The first-order valence-corrected chi connectivity index (χ1v) is 7.04. The Morgan fingerprint density at radius 3 is 2.11 bits per heavy atom. The zero-order chi connectivity index (χ0) is 13.5. The lowest BCUT2D eigenvalue weighted by Crippen LogP contribution is -2.36. The van der Waals surface area contributed by atoms with Gasteiger partial charge in [0.15, 0.2) is 0 Å². The van der Waals surface area contributed by atoms with E-state index in [0.717, 1.165) is 25.9 Å². The van der Waals surface area contributed by atoms with E-state index in [2.05, 4.69) is 50.8 Å². The van der Waals surface area contributed by atoms with Gasteiger partial charge in [-0.2, -0.15) is 0 Å². The van der Waals surface area contributed by atoms with Crippen molar-refractivity contribution in [2.75, 3.05) is 13.2 Å². The molecule has 18 heavy (non-hydrogen) atoms. The molecule has 0 aromatic heterocycles. The second kappa shape index (κ2) is 7.55. The molecule has 0 unspecified atom stereocenters. The summed E-state index contributed by atoms with van der Waals surface area (Å²) < 4.78 is 0. The molecular weight excluding hydrogens is 222 g/mol. The minimum absolute atomic E-state index is 0.238. The highest BCUT2D eigenvalue weighted by Crippen LogP contribution is 2.19. The number of aryl methyl sites for hydroxylation is 2. The third kappa shape index (κ3) is 3.82. The molecule has 0 spiro atoms. The van der Waals surface area contributed by atoms with E-state index in [4.69, 9.17) is 0 Å². The van der Waals surface area contributed by atoms with Crippen LogP contribution in [-0.4, -0.2) is 29.2 Å². The van der Waals surface area contributed by atoms with Crippen molar-refractivity contribution in [1.82, 2.24) is 4.90 Å². The summed E-state index contributed by atoms with van der Waals surface area (Å²) in [4.78, 5) is 2.41. The van der Waals surface area contributed by atoms with Crippen molar-refractivity contribution in [3.05, 3.63) is 34.9 Å². The average molecular weight is 249 g/mol. The van der Waals surface area contributed by atoms with Crippen LogP contribution in [0.3, 0.4) is 0 Å². The molecular formula is C16H27NO. The zero-order valence-corrected chi connectivity index (χ0v) is 12.2. The van der Waals surface area contributed by atoms with Gasteiger partial charge in [-0.05, 0) is 43.4 Å². The van der Waals surface area contributed by atoms with E-state index in [1.54, 1.807) is 0 Å². The van der Waals surface area contributed by atoms with Gasteiger partial charge in [0.25, 0.3) is 0 Å². The minimum Gasteiger partial charge on any atom is -0.395 e. The van der Waals surface area contributed by atoms with Gasteiger partial charge >= 0.3 is 0 Å². The summed E-state index contributed by atoms with van der Waals surface area (Å²) in [6, 6.07) is 7.02. The van der Waals surface area contributed by atoms with Crippen LogP contribution in [0, 0.1) is 13.8 Å². The summed E-state index contributed by atoms with van der Waals surface area (Å²) in [5.41, 5.74) is 4.12. The van der Waals surface area contributed by atoms with Crippen molar-refractivity contribution in [3.63, 3.8) is 0 Å². The fraction of sp³-hybridized carbons (Fsp3) is 0.625. The fourth-order valence-electron chi connectivity index (χ4n) is 2.63. The molecule has 2 heteroatoms. The number of nitrogens with zero attached hydrogens (tertiary/aromatic N) is 1. The first kappa shape index (κ1) is 15.2. The summed E-state index contributed by atoms with van der Waals surface area (Å²) >= 11 is 0. The van der Waals surface area contributed by atoms with Gasteiger partial charge in [-0.15, -0.1) is 0 Å². The zero-order valence-electron chi connectivity index (χ0n) is 12.2. The van der Waals surface area contributed by atoms with Crippen molar-refractivity contribution >= 4 is 0 Å². The number of hydrogen-bond donors (Lipinski definition) is 1. The van der Waals surface area contributed by atoms with Crippen LogP contribution in [-0.2, 0) is 6.54 Å². The molecule has 2 nitrogen and oxygen atoms in total. The predicted octanol–water partition coefficient (Wildman–Crippen LogP) is 3.29. The standard InChI is InChI=1S/C16H27NO/c1-5-15(6-2)17(10-11-18)12-16-13(3)8-7-9-14(16)4/h7-9,15,18H,5-6,10-12H2,1-4H3. The third-order valence-corrected chi connectivity index (χ3v) is 3.85. The molecule has 0 amide bonds. The Kier molecular flexibility index (Phi) is 6.37. The summed E-state index contributed by atoms with van der Waals surface area (Å²) in [6.45, 7) is 10.7. The molecule has 0 saturated heterocycles. The molecule has 1 N–H and O–H groups in total. The van der Waals surface area contributed by atoms with Gasteiger partial charge in [0.05, 0.1) is 6.61 Å². The molecule has 0 aliphatic carbocycles. The van der Waals surface area contributed by atoms with Gasteiger partial charge in [0.1, 0.15) is 0 Å². The molecule has 102 valence electrons. The summed E-state index contributed by atoms with van der Waals surface area (Å²) in [5, 5.41) is 9.25. The van der Waals surface area contributed by atoms with Gasteiger partial charge in [-0.25, -0.2) is 0 Å². The molecule has 0 heterocycles. The van der Waals surface area contributed by atoms with Gasteiger partial charge in [-0.3, -0.25) is 4.90 Å². The van der Waals surface area contributed by atoms with Gasteiger partial charge in [0.2, 0.25) is 0 Å². The van der Waals surface area contributed by atoms with E-state index in [-0.39, 0.29) is 6.61 Å². The van der Waals surface area contributed by atoms with Crippen LogP contribution in [0.5, 0.6) is 0 Å². The quantitative estimate of drug-likeness (QED) is 0.801. The van der Waals surface area contributed by atoms with E-state index >= 15 is 0 Å². The lowest BCUT2D eigenvalue weighted by atomic mass is 10.0. The Morgan fingerprint density at radius 1 is 1.11 bits per heavy atom. The van der Waals surface area contributed by atoms with Crippen LogP contribution >= 0.6 is 0 Å². The lowest BCUT2D eigenvalue weighted by Gasteiger charge is -2.31. The van der Waals surface area contributed by atoms with Gasteiger partial charge in [0, 0.05) is 19.1 Å². The van der Waals surface area contributed by atoms with Crippen molar-refractivity contribution < 1.29 is 5.11 Å². The molecule has 0 radical (unpaired) electrons. The Bertz CT molecular complexity index is 338. The minimum atomic E-state index is 0.238. The highest BCUT2D eigenvalue weighted by molar-refractivity contribution is 5.33. The first-order valence-electron chi connectivity index (χ1n) is 7.04. The maximum Gasteiger partial charge on any atom is 0.0558 e. The molecule has 0 bridgehead atoms. The van der Waals surface area contributed by atoms with Crippen LogP contribution in [0.4, 0.5) is 0 Å². The van der Waals surface area contributed by atoms with Crippen molar-refractivity contribution in [3.8, 4) is 0 Å². The largest absolute Gasteiger partial charge is 0.395 e. The lowest BCUT2D eigenvalue weighted by molar-refractivity contribution is 0.136. The summed E-state index contributed by atoms with van der Waals surface area (Å²) in [7, 11) is 0. The van der Waals surface area contributed by atoms with Crippen molar-refractivity contribution in [1.29, 1.82) is 0 Å². The molecule has 1 aromatic carbocycles. The molecule has 1 rings (SSSR count). The number of rotatable bonds is 7.